The Labute approximate surface area is 170 Å². The van der Waals surface area contributed by atoms with Crippen molar-refractivity contribution in [2.45, 2.75) is 26.2 Å². The molecule has 0 bridgehead atoms. The highest BCUT2D eigenvalue weighted by atomic mass is 35.5. The summed E-state index contributed by atoms with van der Waals surface area (Å²) in [5.74, 6) is 0.939. The van der Waals surface area contributed by atoms with E-state index >= 15 is 0 Å². The van der Waals surface area contributed by atoms with Gasteiger partial charge in [-0.15, -0.1) is 0 Å². The number of imidazole rings is 1. The molecule has 5 nitrogen and oxygen atoms in total. The van der Waals surface area contributed by atoms with Gasteiger partial charge in [-0.3, -0.25) is 4.79 Å². The van der Waals surface area contributed by atoms with Gasteiger partial charge in [0.2, 0.25) is 11.9 Å². The fourth-order valence-corrected chi connectivity index (χ4v) is 3.90. The predicted molar refractivity (Wildman–Crippen MR) is 114 cm³/mol. The van der Waals surface area contributed by atoms with E-state index in [1.54, 1.807) is 0 Å². The van der Waals surface area contributed by atoms with Crippen LogP contribution in [0.5, 0.6) is 0 Å². The number of fused-ring (bicyclic) bond motifs is 1. The van der Waals surface area contributed by atoms with Gasteiger partial charge >= 0.3 is 0 Å². The van der Waals surface area contributed by atoms with E-state index in [1.165, 1.54) is 11.1 Å². The second kappa shape index (κ2) is 8.23. The van der Waals surface area contributed by atoms with Crippen LogP contribution >= 0.6 is 11.6 Å². The fraction of sp³-hybridized carbons (Fsp3) is 0.364. The third-order valence-corrected chi connectivity index (χ3v) is 5.59. The third-order valence-electron chi connectivity index (χ3n) is 5.36. The Hall–Kier alpha value is -2.53. The molecule has 0 radical (unpaired) electrons. The number of H-pyrrole nitrogens is 1. The number of piperidine rings is 1. The summed E-state index contributed by atoms with van der Waals surface area (Å²) in [6.07, 6.45) is 2.75. The summed E-state index contributed by atoms with van der Waals surface area (Å²) in [4.78, 5) is 22.8. The number of anilines is 1. The normalized spacial score (nSPS) is 17.1. The standard InChI is InChI=1S/C22H25ClN4O/c1-15-4-6-16(7-5-15)10-11-24-21(28)17-3-2-12-27(14-17)22-25-19-9-8-18(23)13-20(19)26-22/h4-9,13,17H,2-3,10-12,14H2,1H3,(H,24,28)(H,25,26)/t17-/m1/s1. The van der Waals surface area contributed by atoms with Crippen LogP contribution in [-0.4, -0.2) is 35.5 Å². The number of aromatic amines is 1. The number of benzene rings is 2. The van der Waals surface area contributed by atoms with Crippen LogP contribution in [0.25, 0.3) is 11.0 Å². The average molecular weight is 397 g/mol. The minimum absolute atomic E-state index is 0.0106. The van der Waals surface area contributed by atoms with Crippen LogP contribution in [-0.2, 0) is 11.2 Å². The van der Waals surface area contributed by atoms with E-state index < -0.39 is 0 Å². The van der Waals surface area contributed by atoms with Gasteiger partial charge in [0.25, 0.3) is 0 Å². The lowest BCUT2D eigenvalue weighted by atomic mass is 9.97. The van der Waals surface area contributed by atoms with E-state index in [0.29, 0.717) is 18.1 Å². The van der Waals surface area contributed by atoms with Crippen molar-refractivity contribution in [3.8, 4) is 0 Å². The number of aromatic nitrogens is 2. The van der Waals surface area contributed by atoms with Crippen LogP contribution in [0.15, 0.2) is 42.5 Å². The first-order chi connectivity index (χ1) is 13.6. The van der Waals surface area contributed by atoms with Gasteiger partial charge in [-0.2, -0.15) is 0 Å². The lowest BCUT2D eigenvalue weighted by Crippen LogP contribution is -2.43. The first-order valence-corrected chi connectivity index (χ1v) is 10.2. The molecule has 3 aromatic rings. The maximum Gasteiger partial charge on any atom is 0.224 e. The average Bonchev–Trinajstić information content (AvgIpc) is 3.13. The molecule has 1 aliphatic rings. The quantitative estimate of drug-likeness (QED) is 0.682. The number of halogens is 1. The van der Waals surface area contributed by atoms with Crippen molar-refractivity contribution in [1.29, 1.82) is 0 Å². The third kappa shape index (κ3) is 4.30. The highest BCUT2D eigenvalue weighted by Gasteiger charge is 2.27. The molecule has 0 spiro atoms. The Morgan fingerprint density at radius 2 is 2.11 bits per heavy atom. The lowest BCUT2D eigenvalue weighted by molar-refractivity contribution is -0.125. The molecule has 1 fully saturated rings. The Morgan fingerprint density at radius 3 is 2.93 bits per heavy atom. The second-order valence-corrected chi connectivity index (χ2v) is 7.97. The number of amides is 1. The van der Waals surface area contributed by atoms with Gasteiger partial charge in [0.1, 0.15) is 0 Å². The molecular formula is C22H25ClN4O. The number of hydrogen-bond donors (Lipinski definition) is 2. The van der Waals surface area contributed by atoms with Gasteiger partial charge < -0.3 is 15.2 Å². The molecule has 1 atom stereocenters. The van der Waals surface area contributed by atoms with Crippen LogP contribution in [0.1, 0.15) is 24.0 Å². The maximum atomic E-state index is 12.7. The zero-order valence-electron chi connectivity index (χ0n) is 16.0. The Morgan fingerprint density at radius 1 is 1.29 bits per heavy atom. The second-order valence-electron chi connectivity index (χ2n) is 7.53. The molecule has 2 heterocycles. The first kappa shape index (κ1) is 18.8. The lowest BCUT2D eigenvalue weighted by Gasteiger charge is -2.31. The van der Waals surface area contributed by atoms with E-state index in [4.69, 9.17) is 11.6 Å². The molecule has 4 rings (SSSR count). The largest absolute Gasteiger partial charge is 0.355 e. The smallest absolute Gasteiger partial charge is 0.224 e. The van der Waals surface area contributed by atoms with Crippen LogP contribution in [0, 0.1) is 12.8 Å². The number of carbonyl (C=O) groups excluding carboxylic acids is 1. The van der Waals surface area contributed by atoms with Gasteiger partial charge in [0.15, 0.2) is 0 Å². The Bertz CT molecular complexity index is 966. The topological polar surface area (TPSA) is 61.0 Å². The molecule has 1 saturated heterocycles. The molecule has 1 amide bonds. The Kier molecular flexibility index (Phi) is 5.53. The molecule has 0 aliphatic carbocycles. The Balaban J connectivity index is 1.34. The van der Waals surface area contributed by atoms with E-state index in [-0.39, 0.29) is 11.8 Å². The highest BCUT2D eigenvalue weighted by molar-refractivity contribution is 6.31. The number of rotatable bonds is 5. The zero-order valence-corrected chi connectivity index (χ0v) is 16.8. The van der Waals surface area contributed by atoms with E-state index in [1.807, 2.05) is 18.2 Å². The van der Waals surface area contributed by atoms with Crippen molar-refractivity contribution in [3.05, 3.63) is 58.6 Å². The molecule has 0 saturated carbocycles. The summed E-state index contributed by atoms with van der Waals surface area (Å²) in [6.45, 7) is 4.34. The van der Waals surface area contributed by atoms with Gasteiger partial charge in [-0.25, -0.2) is 4.98 Å². The van der Waals surface area contributed by atoms with Crippen LogP contribution in [0.2, 0.25) is 5.02 Å². The summed E-state index contributed by atoms with van der Waals surface area (Å²) in [5, 5.41) is 3.80. The van der Waals surface area contributed by atoms with Gasteiger partial charge in [-0.1, -0.05) is 41.4 Å². The fourth-order valence-electron chi connectivity index (χ4n) is 3.73. The SMILES string of the molecule is Cc1ccc(CCNC(=O)[C@@H]2CCCN(c3nc4ccc(Cl)cc4[nH]3)C2)cc1. The summed E-state index contributed by atoms with van der Waals surface area (Å²) in [5.41, 5.74) is 4.32. The molecule has 1 aromatic heterocycles. The molecule has 6 heteroatoms. The number of aryl methyl sites for hydroxylation is 1. The van der Waals surface area contributed by atoms with E-state index in [9.17, 15) is 4.79 Å². The van der Waals surface area contributed by atoms with E-state index in [2.05, 4.69) is 51.4 Å². The number of nitrogens with zero attached hydrogens (tertiary/aromatic N) is 2. The summed E-state index contributed by atoms with van der Waals surface area (Å²) >= 11 is 6.06. The molecule has 0 unspecified atom stereocenters. The minimum Gasteiger partial charge on any atom is -0.355 e. The molecule has 2 aromatic carbocycles. The van der Waals surface area contributed by atoms with Crippen molar-refractivity contribution in [1.82, 2.24) is 15.3 Å². The first-order valence-electron chi connectivity index (χ1n) is 9.82. The number of hydrogen-bond acceptors (Lipinski definition) is 3. The van der Waals surface area contributed by atoms with Crippen LogP contribution in [0.4, 0.5) is 5.95 Å². The number of carbonyl (C=O) groups is 1. The van der Waals surface area contributed by atoms with Gasteiger partial charge in [0, 0.05) is 24.7 Å². The molecular weight excluding hydrogens is 372 g/mol. The van der Waals surface area contributed by atoms with Crippen molar-refractivity contribution in [3.63, 3.8) is 0 Å². The monoisotopic (exact) mass is 396 g/mol. The van der Waals surface area contributed by atoms with Crippen molar-refractivity contribution >= 4 is 34.5 Å². The minimum atomic E-state index is -0.0106. The van der Waals surface area contributed by atoms with E-state index in [0.717, 1.165) is 42.8 Å². The molecule has 28 heavy (non-hydrogen) atoms. The molecule has 146 valence electrons. The summed E-state index contributed by atoms with van der Waals surface area (Å²) in [6, 6.07) is 14.1. The number of nitrogens with one attached hydrogen (secondary N) is 2. The van der Waals surface area contributed by atoms with Crippen molar-refractivity contribution in [2.24, 2.45) is 5.92 Å². The summed E-state index contributed by atoms with van der Waals surface area (Å²) in [7, 11) is 0. The van der Waals surface area contributed by atoms with Crippen LogP contribution in [0.3, 0.4) is 0 Å². The maximum absolute atomic E-state index is 12.7. The zero-order chi connectivity index (χ0) is 19.5. The molecule has 1 aliphatic heterocycles. The van der Waals surface area contributed by atoms with Crippen molar-refractivity contribution < 1.29 is 4.79 Å². The summed E-state index contributed by atoms with van der Waals surface area (Å²) < 4.78 is 0. The van der Waals surface area contributed by atoms with Gasteiger partial charge in [-0.05, 0) is 49.9 Å². The highest BCUT2D eigenvalue weighted by Crippen LogP contribution is 2.25. The molecule has 2 N–H and O–H groups in total. The van der Waals surface area contributed by atoms with Gasteiger partial charge in [0.05, 0.1) is 17.0 Å². The predicted octanol–water partition coefficient (Wildman–Crippen LogP) is 4.10. The van der Waals surface area contributed by atoms with Crippen molar-refractivity contribution in [2.75, 3.05) is 24.5 Å². The van der Waals surface area contributed by atoms with Crippen LogP contribution < -0.4 is 10.2 Å².